The lowest BCUT2D eigenvalue weighted by molar-refractivity contribution is 0.0513. The lowest BCUT2D eigenvalue weighted by Crippen LogP contribution is -2.35. The minimum absolute atomic E-state index is 0.0662. The zero-order valence-corrected chi connectivity index (χ0v) is 20.7. The fourth-order valence-electron chi connectivity index (χ4n) is 5.71. The Morgan fingerprint density at radius 2 is 1.89 bits per heavy atom. The number of aliphatic hydroxyl groups is 1. The number of rotatable bonds is 7. The van der Waals surface area contributed by atoms with Crippen LogP contribution in [-0.4, -0.2) is 42.7 Å². The number of alkyl halides is 2. The number of hydrogen-bond acceptors (Lipinski definition) is 6. The zero-order valence-electron chi connectivity index (χ0n) is 20.0. The number of nitrogens with zero attached hydrogens (tertiary/aromatic N) is 4. The number of carbonyl (C=O) groups is 1. The van der Waals surface area contributed by atoms with Crippen LogP contribution >= 0.6 is 11.6 Å². The van der Waals surface area contributed by atoms with E-state index in [2.05, 4.69) is 25.6 Å². The normalized spacial score (nSPS) is 24.9. The van der Waals surface area contributed by atoms with Crippen LogP contribution in [0, 0.1) is 17.7 Å². The Labute approximate surface area is 216 Å². The number of hydrogen-bond donors (Lipinski definition) is 3. The van der Waals surface area contributed by atoms with Crippen molar-refractivity contribution in [3.63, 3.8) is 0 Å². The molecule has 2 unspecified atom stereocenters. The highest BCUT2D eigenvalue weighted by Crippen LogP contribution is 2.54. The summed E-state index contributed by atoms with van der Waals surface area (Å²) in [6.07, 6.45) is 3.82. The molecule has 2 aromatic heterocycles. The van der Waals surface area contributed by atoms with Gasteiger partial charge in [0.25, 0.3) is 12.3 Å². The maximum Gasteiger partial charge on any atom is 0.274 e. The van der Waals surface area contributed by atoms with Crippen LogP contribution < -0.4 is 10.6 Å². The molecule has 0 saturated heterocycles. The second-order valence-corrected chi connectivity index (χ2v) is 10.4. The van der Waals surface area contributed by atoms with Gasteiger partial charge >= 0.3 is 0 Å². The minimum atomic E-state index is -2.63. The number of aryl methyl sites for hydroxylation is 1. The van der Waals surface area contributed by atoms with Gasteiger partial charge in [-0.1, -0.05) is 11.6 Å². The van der Waals surface area contributed by atoms with Gasteiger partial charge in [0.2, 0.25) is 5.95 Å². The van der Waals surface area contributed by atoms with Crippen LogP contribution in [0.15, 0.2) is 36.9 Å². The van der Waals surface area contributed by atoms with Crippen LogP contribution in [0.3, 0.4) is 0 Å². The largest absolute Gasteiger partial charge is 0.388 e. The minimum Gasteiger partial charge on any atom is -0.388 e. The average molecular weight is 535 g/mol. The third kappa shape index (κ3) is 5.28. The SMILES string of the molecule is Cn1cnc(C2CC3CC(O)(CNc4ncc(C(F)F)cn4)CC3C2)c1C(=O)Nc1ccc(F)c(Cl)c1. The first-order chi connectivity index (χ1) is 17.6. The number of carbonyl (C=O) groups excluding carboxylic acids is 1. The van der Waals surface area contributed by atoms with Gasteiger partial charge in [0.05, 0.1) is 28.2 Å². The summed E-state index contributed by atoms with van der Waals surface area (Å²) in [7, 11) is 1.75. The Bertz CT molecular complexity index is 1290. The first-order valence-corrected chi connectivity index (χ1v) is 12.3. The summed E-state index contributed by atoms with van der Waals surface area (Å²) in [5.41, 5.74) is 0.313. The van der Waals surface area contributed by atoms with Gasteiger partial charge in [-0.25, -0.2) is 28.1 Å². The Morgan fingerprint density at radius 1 is 1.22 bits per heavy atom. The summed E-state index contributed by atoms with van der Waals surface area (Å²) in [4.78, 5) is 25.4. The van der Waals surface area contributed by atoms with E-state index in [1.54, 1.807) is 17.9 Å². The van der Waals surface area contributed by atoms with Gasteiger partial charge in [-0.05, 0) is 55.7 Å². The molecule has 2 saturated carbocycles. The molecule has 12 heteroatoms. The van der Waals surface area contributed by atoms with Crippen LogP contribution in [0.25, 0.3) is 0 Å². The first kappa shape index (κ1) is 25.5. The molecule has 3 aromatic rings. The molecular weight excluding hydrogens is 509 g/mol. The molecule has 0 spiro atoms. The van der Waals surface area contributed by atoms with Crippen LogP contribution in [0.4, 0.5) is 24.8 Å². The standard InChI is InChI=1S/C25H26ClF3N6O2/c1-35-12-33-20(21(35)23(36)34-17-2-3-19(27)18(26)6-17)13-4-14-7-25(37,8-15(14)5-13)11-32-24-30-9-16(10-31-24)22(28)29/h2-3,6,9-10,12-15,22,37H,4-5,7-8,11H2,1H3,(H,34,36)(H,30,31,32). The predicted molar refractivity (Wildman–Crippen MR) is 131 cm³/mol. The Hall–Kier alpha value is -3.18. The molecule has 1 aromatic carbocycles. The number of nitrogens with one attached hydrogen (secondary N) is 2. The maximum absolute atomic E-state index is 13.5. The molecule has 37 heavy (non-hydrogen) atoms. The topological polar surface area (TPSA) is 105 Å². The molecule has 0 bridgehead atoms. The Kier molecular flexibility index (Phi) is 6.84. The third-order valence-corrected chi connectivity index (χ3v) is 7.66. The summed E-state index contributed by atoms with van der Waals surface area (Å²) < 4.78 is 40.5. The highest BCUT2D eigenvalue weighted by atomic mass is 35.5. The van der Waals surface area contributed by atoms with E-state index in [0.29, 0.717) is 29.9 Å². The van der Waals surface area contributed by atoms with E-state index in [-0.39, 0.29) is 46.7 Å². The predicted octanol–water partition coefficient (Wildman–Crippen LogP) is 4.94. The van der Waals surface area contributed by atoms with Gasteiger partial charge in [-0.15, -0.1) is 0 Å². The van der Waals surface area contributed by atoms with Crippen molar-refractivity contribution in [1.82, 2.24) is 19.5 Å². The van der Waals surface area contributed by atoms with Gasteiger partial charge in [0.15, 0.2) is 0 Å². The third-order valence-electron chi connectivity index (χ3n) is 7.37. The molecule has 8 nitrogen and oxygen atoms in total. The van der Waals surface area contributed by atoms with E-state index in [1.807, 2.05) is 0 Å². The summed E-state index contributed by atoms with van der Waals surface area (Å²) >= 11 is 5.84. The van der Waals surface area contributed by atoms with Gasteiger partial charge in [0, 0.05) is 37.6 Å². The van der Waals surface area contributed by atoms with Crippen molar-refractivity contribution in [2.24, 2.45) is 18.9 Å². The Morgan fingerprint density at radius 3 is 2.51 bits per heavy atom. The summed E-state index contributed by atoms with van der Waals surface area (Å²) in [6, 6.07) is 4.00. The molecule has 0 aliphatic heterocycles. The molecule has 3 N–H and O–H groups in total. The van der Waals surface area contributed by atoms with Gasteiger partial charge < -0.3 is 20.3 Å². The highest BCUT2D eigenvalue weighted by molar-refractivity contribution is 6.31. The quantitative estimate of drug-likeness (QED) is 0.396. The lowest BCUT2D eigenvalue weighted by Gasteiger charge is -2.25. The molecule has 2 atom stereocenters. The fraction of sp³-hybridized carbons (Fsp3) is 0.440. The van der Waals surface area contributed by atoms with Crippen molar-refractivity contribution in [2.45, 2.75) is 43.6 Å². The van der Waals surface area contributed by atoms with E-state index in [9.17, 15) is 23.1 Å². The van der Waals surface area contributed by atoms with Crippen molar-refractivity contribution in [2.75, 3.05) is 17.2 Å². The van der Waals surface area contributed by atoms with Crippen LogP contribution in [-0.2, 0) is 7.05 Å². The summed E-state index contributed by atoms with van der Waals surface area (Å²) in [5.74, 6) is -0.143. The molecule has 2 aliphatic rings. The number of benzene rings is 1. The van der Waals surface area contributed by atoms with Crippen molar-refractivity contribution in [1.29, 1.82) is 0 Å². The fourth-order valence-corrected chi connectivity index (χ4v) is 5.89. The van der Waals surface area contributed by atoms with E-state index in [4.69, 9.17) is 11.6 Å². The summed E-state index contributed by atoms with van der Waals surface area (Å²) in [5, 5.41) is 16.8. The molecule has 2 fully saturated rings. The monoisotopic (exact) mass is 534 g/mol. The van der Waals surface area contributed by atoms with Crippen LogP contribution in [0.2, 0.25) is 5.02 Å². The van der Waals surface area contributed by atoms with Crippen LogP contribution in [0.5, 0.6) is 0 Å². The van der Waals surface area contributed by atoms with E-state index in [0.717, 1.165) is 25.2 Å². The van der Waals surface area contributed by atoms with Gasteiger partial charge in [-0.3, -0.25) is 4.79 Å². The molecular formula is C25H26ClF3N6O2. The number of aromatic nitrogens is 4. The molecule has 196 valence electrons. The molecule has 5 rings (SSSR count). The van der Waals surface area contributed by atoms with E-state index >= 15 is 0 Å². The van der Waals surface area contributed by atoms with Crippen molar-refractivity contribution in [3.8, 4) is 0 Å². The maximum atomic E-state index is 13.5. The number of fused-ring (bicyclic) bond motifs is 1. The zero-order chi connectivity index (χ0) is 26.3. The molecule has 2 aliphatic carbocycles. The van der Waals surface area contributed by atoms with Gasteiger partial charge in [-0.2, -0.15) is 0 Å². The van der Waals surface area contributed by atoms with Crippen molar-refractivity contribution >= 4 is 29.1 Å². The van der Waals surface area contributed by atoms with E-state index in [1.165, 1.54) is 18.2 Å². The van der Waals surface area contributed by atoms with Crippen LogP contribution in [0.1, 0.15) is 59.8 Å². The molecule has 2 heterocycles. The van der Waals surface area contributed by atoms with Gasteiger partial charge in [0.1, 0.15) is 11.5 Å². The first-order valence-electron chi connectivity index (χ1n) is 12.0. The van der Waals surface area contributed by atoms with E-state index < -0.39 is 17.8 Å². The average Bonchev–Trinajstić information content (AvgIpc) is 3.51. The number of amides is 1. The second kappa shape index (κ2) is 9.94. The number of anilines is 2. The lowest BCUT2D eigenvalue weighted by atomic mass is 9.92. The molecule has 0 radical (unpaired) electrons. The highest BCUT2D eigenvalue weighted by Gasteiger charge is 2.49. The smallest absolute Gasteiger partial charge is 0.274 e. The second-order valence-electron chi connectivity index (χ2n) is 9.99. The van der Waals surface area contributed by atoms with Crippen molar-refractivity contribution < 1.29 is 23.1 Å². The number of halogens is 4. The Balaban J connectivity index is 1.21. The summed E-state index contributed by atoms with van der Waals surface area (Å²) in [6.45, 7) is 0.218. The number of imidazole rings is 1. The molecule has 1 amide bonds. The van der Waals surface area contributed by atoms with Crippen molar-refractivity contribution in [3.05, 3.63) is 64.7 Å².